The van der Waals surface area contributed by atoms with E-state index >= 15 is 0 Å². The Kier molecular flexibility index (Phi) is 5.69. The third-order valence-electron chi connectivity index (χ3n) is 2.74. The van der Waals surface area contributed by atoms with Crippen molar-refractivity contribution in [2.75, 3.05) is 7.05 Å². The van der Waals surface area contributed by atoms with Crippen molar-refractivity contribution >= 4 is 5.91 Å². The van der Waals surface area contributed by atoms with Crippen molar-refractivity contribution in [2.45, 2.75) is 32.5 Å². The number of carbonyl (C=O) groups is 1. The fraction of sp³-hybridized carbons (Fsp3) is 0.462. The van der Waals surface area contributed by atoms with Crippen LogP contribution in [0.5, 0.6) is 5.75 Å². The summed E-state index contributed by atoms with van der Waals surface area (Å²) in [5, 5.41) is 5.54. The highest BCUT2D eigenvalue weighted by Crippen LogP contribution is 2.26. The predicted molar refractivity (Wildman–Crippen MR) is 68.2 cm³/mol. The van der Waals surface area contributed by atoms with Crippen molar-refractivity contribution in [3.05, 3.63) is 29.8 Å². The maximum Gasteiger partial charge on any atom is 0.387 e. The van der Waals surface area contributed by atoms with Gasteiger partial charge in [-0.05, 0) is 19.9 Å². The van der Waals surface area contributed by atoms with Crippen LogP contribution >= 0.6 is 0 Å². The molecule has 0 aromatic heterocycles. The van der Waals surface area contributed by atoms with Crippen LogP contribution in [-0.2, 0) is 4.79 Å². The molecule has 0 saturated carbocycles. The van der Waals surface area contributed by atoms with E-state index in [1.54, 1.807) is 39.1 Å². The Hall–Kier alpha value is -1.69. The fourth-order valence-electron chi connectivity index (χ4n) is 1.80. The molecule has 0 aliphatic rings. The van der Waals surface area contributed by atoms with E-state index in [0.29, 0.717) is 5.56 Å². The molecule has 1 rings (SSSR count). The molecule has 0 aliphatic heterocycles. The molecular weight excluding hydrogens is 254 g/mol. The van der Waals surface area contributed by atoms with Crippen molar-refractivity contribution in [1.82, 2.24) is 10.6 Å². The van der Waals surface area contributed by atoms with Crippen molar-refractivity contribution in [1.29, 1.82) is 0 Å². The second-order valence-corrected chi connectivity index (χ2v) is 4.14. The average Bonchev–Trinajstić information content (AvgIpc) is 2.37. The van der Waals surface area contributed by atoms with E-state index in [0.717, 1.165) is 0 Å². The topological polar surface area (TPSA) is 50.4 Å². The highest BCUT2D eigenvalue weighted by molar-refractivity contribution is 5.81. The van der Waals surface area contributed by atoms with Gasteiger partial charge in [-0.25, -0.2) is 0 Å². The normalized spacial score (nSPS) is 14.0. The van der Waals surface area contributed by atoms with Crippen molar-refractivity contribution in [3.8, 4) is 5.75 Å². The summed E-state index contributed by atoms with van der Waals surface area (Å²) in [6.45, 7) is 0.615. The van der Waals surface area contributed by atoms with Gasteiger partial charge in [0, 0.05) is 18.7 Å². The third-order valence-corrected chi connectivity index (χ3v) is 2.74. The molecule has 0 radical (unpaired) electrons. The van der Waals surface area contributed by atoms with E-state index in [4.69, 9.17) is 0 Å². The highest BCUT2D eigenvalue weighted by Gasteiger charge is 2.18. The van der Waals surface area contributed by atoms with Gasteiger partial charge in [0.1, 0.15) is 5.75 Å². The van der Waals surface area contributed by atoms with Gasteiger partial charge in [-0.3, -0.25) is 10.1 Å². The molecular formula is C13H18F2N2O2. The molecule has 2 N–H and O–H groups in total. The first-order valence-electron chi connectivity index (χ1n) is 5.97. The predicted octanol–water partition coefficient (Wildman–Crippen LogP) is 2.07. The number of para-hydroxylation sites is 1. The molecule has 1 amide bonds. The lowest BCUT2D eigenvalue weighted by Gasteiger charge is -2.21. The van der Waals surface area contributed by atoms with Gasteiger partial charge in [-0.15, -0.1) is 0 Å². The number of likely N-dealkylation sites (N-methyl/N-ethyl adjacent to an activating group) is 1. The zero-order valence-electron chi connectivity index (χ0n) is 11.1. The fourth-order valence-corrected chi connectivity index (χ4v) is 1.80. The summed E-state index contributed by atoms with van der Waals surface area (Å²) in [5.41, 5.74) is 0.582. The lowest BCUT2D eigenvalue weighted by Crippen LogP contribution is -2.41. The van der Waals surface area contributed by atoms with Gasteiger partial charge in [0.15, 0.2) is 0 Å². The maximum atomic E-state index is 12.3. The SMILES string of the molecule is CNC(=O)C(C)NC(C)c1ccccc1OC(F)F. The first kappa shape index (κ1) is 15.4. The summed E-state index contributed by atoms with van der Waals surface area (Å²) in [4.78, 5) is 11.4. The van der Waals surface area contributed by atoms with Crippen LogP contribution in [0, 0.1) is 0 Å². The van der Waals surface area contributed by atoms with Crippen molar-refractivity contribution in [2.24, 2.45) is 0 Å². The molecule has 0 heterocycles. The summed E-state index contributed by atoms with van der Waals surface area (Å²) in [5.74, 6) is -0.0549. The molecule has 1 aromatic carbocycles. The minimum atomic E-state index is -2.87. The Morgan fingerprint density at radius 1 is 1.26 bits per heavy atom. The van der Waals surface area contributed by atoms with Crippen LogP contribution in [0.25, 0.3) is 0 Å². The number of nitrogens with one attached hydrogen (secondary N) is 2. The van der Waals surface area contributed by atoms with Gasteiger partial charge >= 0.3 is 6.61 Å². The Balaban J connectivity index is 2.81. The third kappa shape index (κ3) is 4.48. The molecule has 0 bridgehead atoms. The van der Waals surface area contributed by atoms with Crippen LogP contribution in [0.15, 0.2) is 24.3 Å². The molecule has 0 saturated heterocycles. The molecule has 2 unspecified atom stereocenters. The second-order valence-electron chi connectivity index (χ2n) is 4.14. The highest BCUT2D eigenvalue weighted by atomic mass is 19.3. The number of hydrogen-bond acceptors (Lipinski definition) is 3. The van der Waals surface area contributed by atoms with Crippen LogP contribution in [-0.4, -0.2) is 25.6 Å². The zero-order valence-corrected chi connectivity index (χ0v) is 11.1. The summed E-state index contributed by atoms with van der Waals surface area (Å²) in [6, 6.07) is 5.80. The molecule has 4 nitrogen and oxygen atoms in total. The van der Waals surface area contributed by atoms with E-state index in [2.05, 4.69) is 15.4 Å². The minimum absolute atomic E-state index is 0.113. The Bertz CT molecular complexity index is 427. The van der Waals surface area contributed by atoms with Crippen LogP contribution in [0.1, 0.15) is 25.5 Å². The van der Waals surface area contributed by atoms with E-state index in [9.17, 15) is 13.6 Å². The summed E-state index contributed by atoms with van der Waals surface area (Å²) in [6.07, 6.45) is 0. The minimum Gasteiger partial charge on any atom is -0.434 e. The molecule has 106 valence electrons. The zero-order chi connectivity index (χ0) is 14.4. The van der Waals surface area contributed by atoms with Gasteiger partial charge in [0.2, 0.25) is 5.91 Å². The van der Waals surface area contributed by atoms with Crippen LogP contribution in [0.3, 0.4) is 0 Å². The van der Waals surface area contributed by atoms with E-state index in [1.807, 2.05) is 0 Å². The Morgan fingerprint density at radius 2 is 1.89 bits per heavy atom. The molecule has 1 aromatic rings. The summed E-state index contributed by atoms with van der Waals surface area (Å²) < 4.78 is 29.1. The molecule has 19 heavy (non-hydrogen) atoms. The lowest BCUT2D eigenvalue weighted by atomic mass is 10.1. The second kappa shape index (κ2) is 7.04. The number of hydrogen-bond donors (Lipinski definition) is 2. The molecule has 6 heteroatoms. The Morgan fingerprint density at radius 3 is 2.47 bits per heavy atom. The quantitative estimate of drug-likeness (QED) is 0.833. The van der Waals surface area contributed by atoms with Crippen molar-refractivity contribution < 1.29 is 18.3 Å². The van der Waals surface area contributed by atoms with E-state index in [1.165, 1.54) is 6.07 Å². The van der Waals surface area contributed by atoms with Crippen LogP contribution < -0.4 is 15.4 Å². The molecule has 2 atom stereocenters. The van der Waals surface area contributed by atoms with Gasteiger partial charge in [-0.1, -0.05) is 18.2 Å². The first-order valence-corrected chi connectivity index (χ1v) is 5.97. The van der Waals surface area contributed by atoms with E-state index < -0.39 is 12.7 Å². The van der Waals surface area contributed by atoms with Gasteiger partial charge < -0.3 is 10.1 Å². The van der Waals surface area contributed by atoms with Gasteiger partial charge in [-0.2, -0.15) is 8.78 Å². The average molecular weight is 272 g/mol. The van der Waals surface area contributed by atoms with Crippen LogP contribution in [0.4, 0.5) is 8.78 Å². The molecule has 0 spiro atoms. The van der Waals surface area contributed by atoms with Crippen molar-refractivity contribution in [3.63, 3.8) is 0 Å². The number of amides is 1. The standard InChI is InChI=1S/C13H18F2N2O2/c1-8(17-9(2)12(18)16-3)10-6-4-5-7-11(10)19-13(14)15/h4-9,13,17H,1-3H3,(H,16,18). The number of halogens is 2. The number of alkyl halides is 2. The number of ether oxygens (including phenoxy) is 1. The summed E-state index contributed by atoms with van der Waals surface area (Å²) in [7, 11) is 1.54. The first-order chi connectivity index (χ1) is 8.95. The monoisotopic (exact) mass is 272 g/mol. The summed E-state index contributed by atoms with van der Waals surface area (Å²) >= 11 is 0. The largest absolute Gasteiger partial charge is 0.434 e. The Labute approximate surface area is 111 Å². The number of benzene rings is 1. The molecule has 0 fully saturated rings. The smallest absolute Gasteiger partial charge is 0.387 e. The number of rotatable bonds is 6. The molecule has 0 aliphatic carbocycles. The number of carbonyl (C=O) groups excluding carboxylic acids is 1. The van der Waals surface area contributed by atoms with Gasteiger partial charge in [0.05, 0.1) is 6.04 Å². The van der Waals surface area contributed by atoms with E-state index in [-0.39, 0.29) is 17.7 Å². The lowest BCUT2D eigenvalue weighted by molar-refractivity contribution is -0.122. The van der Waals surface area contributed by atoms with Gasteiger partial charge in [0.25, 0.3) is 0 Å². The maximum absolute atomic E-state index is 12.3. The van der Waals surface area contributed by atoms with Crippen LogP contribution in [0.2, 0.25) is 0 Å².